The fourth-order valence-corrected chi connectivity index (χ4v) is 2.10. The van der Waals surface area contributed by atoms with Crippen molar-refractivity contribution < 1.29 is 19.4 Å². The van der Waals surface area contributed by atoms with Crippen LogP contribution in [0, 0.1) is 18.3 Å². The fourth-order valence-electron chi connectivity index (χ4n) is 2.10. The zero-order valence-electron chi connectivity index (χ0n) is 14.2. The van der Waals surface area contributed by atoms with Gasteiger partial charge in [-0.3, -0.25) is 4.79 Å². The standard InChI is InChI=1S/C19H17N3O4/c1-12-9-16(23)7-8-17(12)22-18(24)14(10-20)11-21-15-5-3-13(4-6-15)19(25)26-2/h3-9,11,21,23H,1-2H3,(H,22,24)/b14-11-. The fraction of sp³-hybridized carbons (Fsp3) is 0.105. The van der Waals surface area contributed by atoms with Crippen molar-refractivity contribution in [1.82, 2.24) is 0 Å². The number of anilines is 2. The van der Waals surface area contributed by atoms with E-state index < -0.39 is 11.9 Å². The summed E-state index contributed by atoms with van der Waals surface area (Å²) in [4.78, 5) is 23.6. The van der Waals surface area contributed by atoms with E-state index in [0.717, 1.165) is 0 Å². The summed E-state index contributed by atoms with van der Waals surface area (Å²) < 4.78 is 4.61. The normalized spacial score (nSPS) is 10.6. The van der Waals surface area contributed by atoms with E-state index in [1.807, 2.05) is 6.07 Å². The summed E-state index contributed by atoms with van der Waals surface area (Å²) in [5.41, 5.74) is 2.02. The maximum absolute atomic E-state index is 12.2. The molecule has 0 spiro atoms. The lowest BCUT2D eigenvalue weighted by molar-refractivity contribution is -0.112. The number of nitrogens with zero attached hydrogens (tertiary/aromatic N) is 1. The number of nitriles is 1. The second kappa shape index (κ2) is 8.35. The van der Waals surface area contributed by atoms with E-state index in [4.69, 9.17) is 0 Å². The number of esters is 1. The zero-order valence-corrected chi connectivity index (χ0v) is 14.2. The van der Waals surface area contributed by atoms with Crippen LogP contribution < -0.4 is 10.6 Å². The van der Waals surface area contributed by atoms with E-state index in [1.54, 1.807) is 37.3 Å². The quantitative estimate of drug-likeness (QED) is 0.330. The molecule has 0 bridgehead atoms. The first-order valence-corrected chi connectivity index (χ1v) is 7.60. The summed E-state index contributed by atoms with van der Waals surface area (Å²) in [6.07, 6.45) is 1.28. The number of methoxy groups -OCH3 is 1. The van der Waals surface area contributed by atoms with Gasteiger partial charge in [-0.05, 0) is 55.0 Å². The smallest absolute Gasteiger partial charge is 0.337 e. The largest absolute Gasteiger partial charge is 0.508 e. The molecular formula is C19H17N3O4. The number of amides is 1. The Bertz CT molecular complexity index is 896. The van der Waals surface area contributed by atoms with Gasteiger partial charge in [0.25, 0.3) is 5.91 Å². The SMILES string of the molecule is COC(=O)c1ccc(N/C=C(/C#N)C(=O)Nc2ccc(O)cc2C)cc1. The van der Waals surface area contributed by atoms with Gasteiger partial charge in [-0.2, -0.15) is 5.26 Å². The van der Waals surface area contributed by atoms with Crippen LogP contribution in [0.3, 0.4) is 0 Å². The van der Waals surface area contributed by atoms with E-state index in [2.05, 4.69) is 15.4 Å². The zero-order chi connectivity index (χ0) is 19.1. The van der Waals surface area contributed by atoms with Crippen molar-refractivity contribution in [2.24, 2.45) is 0 Å². The molecule has 0 saturated carbocycles. The van der Waals surface area contributed by atoms with Gasteiger partial charge >= 0.3 is 5.97 Å². The monoisotopic (exact) mass is 351 g/mol. The molecule has 0 aliphatic carbocycles. The first-order valence-electron chi connectivity index (χ1n) is 7.60. The minimum atomic E-state index is -0.583. The van der Waals surface area contributed by atoms with Crippen LogP contribution in [0.2, 0.25) is 0 Å². The molecule has 0 aliphatic rings. The molecule has 0 saturated heterocycles. The lowest BCUT2D eigenvalue weighted by Gasteiger charge is -2.08. The number of aryl methyl sites for hydroxylation is 1. The van der Waals surface area contributed by atoms with Crippen LogP contribution in [0.1, 0.15) is 15.9 Å². The molecule has 2 aromatic carbocycles. The van der Waals surface area contributed by atoms with Gasteiger partial charge in [0, 0.05) is 17.6 Å². The van der Waals surface area contributed by atoms with Crippen molar-refractivity contribution in [1.29, 1.82) is 5.26 Å². The molecule has 7 nitrogen and oxygen atoms in total. The Labute approximate surface area is 150 Å². The predicted molar refractivity (Wildman–Crippen MR) is 96.6 cm³/mol. The number of benzene rings is 2. The average molecular weight is 351 g/mol. The number of phenols is 1. The van der Waals surface area contributed by atoms with Gasteiger partial charge in [0.2, 0.25) is 0 Å². The third kappa shape index (κ3) is 4.61. The average Bonchev–Trinajstić information content (AvgIpc) is 2.64. The number of rotatable bonds is 5. The molecule has 0 fully saturated rings. The van der Waals surface area contributed by atoms with E-state index in [0.29, 0.717) is 22.5 Å². The lowest BCUT2D eigenvalue weighted by atomic mass is 10.1. The van der Waals surface area contributed by atoms with Crippen LogP contribution in [0.4, 0.5) is 11.4 Å². The number of carbonyl (C=O) groups is 2. The summed E-state index contributed by atoms with van der Waals surface area (Å²) >= 11 is 0. The van der Waals surface area contributed by atoms with Gasteiger partial charge in [-0.15, -0.1) is 0 Å². The van der Waals surface area contributed by atoms with Crippen LogP contribution in [0.25, 0.3) is 0 Å². The minimum Gasteiger partial charge on any atom is -0.508 e. The van der Waals surface area contributed by atoms with Crippen molar-refractivity contribution >= 4 is 23.3 Å². The number of carbonyl (C=O) groups excluding carboxylic acids is 2. The van der Waals surface area contributed by atoms with Crippen molar-refractivity contribution in [3.63, 3.8) is 0 Å². The molecule has 7 heteroatoms. The molecule has 132 valence electrons. The van der Waals surface area contributed by atoms with E-state index in [-0.39, 0.29) is 11.3 Å². The Morgan fingerprint density at radius 1 is 1.19 bits per heavy atom. The Morgan fingerprint density at radius 3 is 2.46 bits per heavy atom. The molecule has 2 aromatic rings. The molecule has 3 N–H and O–H groups in total. The predicted octanol–water partition coefficient (Wildman–Crippen LogP) is 2.95. The Morgan fingerprint density at radius 2 is 1.88 bits per heavy atom. The van der Waals surface area contributed by atoms with Crippen molar-refractivity contribution in [2.45, 2.75) is 6.92 Å². The van der Waals surface area contributed by atoms with Crippen LogP contribution in [-0.4, -0.2) is 24.1 Å². The second-order valence-electron chi connectivity index (χ2n) is 5.34. The minimum absolute atomic E-state index is 0.0913. The lowest BCUT2D eigenvalue weighted by Crippen LogP contribution is -2.15. The van der Waals surface area contributed by atoms with Crippen molar-refractivity contribution in [2.75, 3.05) is 17.7 Å². The van der Waals surface area contributed by atoms with E-state index >= 15 is 0 Å². The first kappa shape index (κ1) is 18.5. The molecule has 0 radical (unpaired) electrons. The van der Waals surface area contributed by atoms with Crippen LogP contribution in [-0.2, 0) is 9.53 Å². The topological polar surface area (TPSA) is 111 Å². The van der Waals surface area contributed by atoms with Gasteiger partial charge in [0.05, 0.1) is 12.7 Å². The molecule has 2 rings (SSSR count). The van der Waals surface area contributed by atoms with Crippen LogP contribution in [0.15, 0.2) is 54.2 Å². The number of phenolic OH excluding ortho intramolecular Hbond substituents is 1. The summed E-state index contributed by atoms with van der Waals surface area (Å²) in [6, 6.07) is 12.7. The molecule has 0 aliphatic heterocycles. The van der Waals surface area contributed by atoms with Gasteiger partial charge in [-0.1, -0.05) is 0 Å². The van der Waals surface area contributed by atoms with Crippen LogP contribution >= 0.6 is 0 Å². The Hall–Kier alpha value is -3.79. The number of aromatic hydroxyl groups is 1. The third-order valence-corrected chi connectivity index (χ3v) is 3.51. The summed E-state index contributed by atoms with van der Waals surface area (Å²) in [7, 11) is 1.30. The van der Waals surface area contributed by atoms with Crippen molar-refractivity contribution in [3.05, 3.63) is 65.4 Å². The van der Waals surface area contributed by atoms with Crippen LogP contribution in [0.5, 0.6) is 5.75 Å². The highest BCUT2D eigenvalue weighted by atomic mass is 16.5. The molecular weight excluding hydrogens is 334 g/mol. The summed E-state index contributed by atoms with van der Waals surface area (Å²) in [5, 5.41) is 24.0. The molecule has 0 atom stereocenters. The van der Waals surface area contributed by atoms with Gasteiger partial charge in [0.1, 0.15) is 17.4 Å². The van der Waals surface area contributed by atoms with E-state index in [1.165, 1.54) is 25.4 Å². The van der Waals surface area contributed by atoms with E-state index in [9.17, 15) is 20.0 Å². The van der Waals surface area contributed by atoms with Crippen molar-refractivity contribution in [3.8, 4) is 11.8 Å². The maximum atomic E-state index is 12.2. The summed E-state index contributed by atoms with van der Waals surface area (Å²) in [6.45, 7) is 1.73. The highest BCUT2D eigenvalue weighted by Crippen LogP contribution is 2.20. The second-order valence-corrected chi connectivity index (χ2v) is 5.34. The number of nitrogens with one attached hydrogen (secondary N) is 2. The number of hydrogen-bond acceptors (Lipinski definition) is 6. The highest BCUT2D eigenvalue weighted by molar-refractivity contribution is 6.07. The number of hydrogen-bond donors (Lipinski definition) is 3. The number of ether oxygens (including phenoxy) is 1. The highest BCUT2D eigenvalue weighted by Gasteiger charge is 2.11. The van der Waals surface area contributed by atoms with Gasteiger partial charge in [0.15, 0.2) is 0 Å². The molecule has 1 amide bonds. The van der Waals surface area contributed by atoms with Gasteiger partial charge in [-0.25, -0.2) is 4.79 Å². The first-order chi connectivity index (χ1) is 12.4. The Balaban J connectivity index is 2.08. The maximum Gasteiger partial charge on any atom is 0.337 e. The van der Waals surface area contributed by atoms with Gasteiger partial charge < -0.3 is 20.5 Å². The molecule has 0 unspecified atom stereocenters. The third-order valence-electron chi connectivity index (χ3n) is 3.51. The molecule has 0 aromatic heterocycles. The molecule has 26 heavy (non-hydrogen) atoms. The summed E-state index contributed by atoms with van der Waals surface area (Å²) in [5.74, 6) is -0.943. The Kier molecular flexibility index (Phi) is 5.96. The molecule has 0 heterocycles.